The Morgan fingerprint density at radius 1 is 0.333 bits per heavy atom. The topological polar surface area (TPSA) is 51.8 Å². The van der Waals surface area contributed by atoms with Gasteiger partial charge in [-0.1, -0.05) is 152 Å². The molecule has 0 aliphatic rings. The largest absolute Gasteiger partial charge is 0.455 e. The van der Waals surface area contributed by atoms with E-state index in [2.05, 4.69) is 152 Å². The first-order chi connectivity index (χ1) is 25.3. The smallest absolute Gasteiger partial charge is 0.167 e. The Kier molecular flexibility index (Phi) is 5.92. The normalized spacial score (nSPS) is 11.9. The van der Waals surface area contributed by atoms with Gasteiger partial charge < -0.3 is 4.42 Å². The van der Waals surface area contributed by atoms with Crippen LogP contribution in [0.25, 0.3) is 111 Å². The van der Waals surface area contributed by atoms with Crippen molar-refractivity contribution in [3.05, 3.63) is 164 Å². The lowest BCUT2D eigenvalue weighted by atomic mass is 9.88. The van der Waals surface area contributed by atoms with Crippen LogP contribution in [0.2, 0.25) is 0 Å². The Hall–Kier alpha value is -6.91. The summed E-state index contributed by atoms with van der Waals surface area (Å²) in [5.74, 6) is 1.80. The first-order valence-electron chi connectivity index (χ1n) is 17.2. The van der Waals surface area contributed by atoms with Gasteiger partial charge >= 0.3 is 0 Å². The summed E-state index contributed by atoms with van der Waals surface area (Å²) in [5, 5.41) is 9.56. The van der Waals surface area contributed by atoms with E-state index in [-0.39, 0.29) is 0 Å². The summed E-state index contributed by atoms with van der Waals surface area (Å²) >= 11 is 0. The van der Waals surface area contributed by atoms with Crippen molar-refractivity contribution < 1.29 is 4.42 Å². The molecule has 4 heteroatoms. The van der Waals surface area contributed by atoms with E-state index in [4.69, 9.17) is 19.4 Å². The van der Waals surface area contributed by atoms with Crippen molar-refractivity contribution in [1.82, 2.24) is 15.0 Å². The zero-order chi connectivity index (χ0) is 33.5. The molecule has 2 heterocycles. The highest BCUT2D eigenvalue weighted by molar-refractivity contribution is 6.40. The molecule has 51 heavy (non-hydrogen) atoms. The molecule has 11 rings (SSSR count). The van der Waals surface area contributed by atoms with Gasteiger partial charge in [-0.25, -0.2) is 15.0 Å². The van der Waals surface area contributed by atoms with E-state index >= 15 is 0 Å². The molecule has 0 spiro atoms. The summed E-state index contributed by atoms with van der Waals surface area (Å²) in [7, 11) is 0. The van der Waals surface area contributed by atoms with Crippen LogP contribution in [-0.4, -0.2) is 15.0 Å². The molecule has 236 valence electrons. The van der Waals surface area contributed by atoms with Crippen molar-refractivity contribution in [3.8, 4) is 56.4 Å². The molecule has 0 fully saturated rings. The van der Waals surface area contributed by atoms with E-state index in [0.717, 1.165) is 55.1 Å². The molecule has 0 bridgehead atoms. The van der Waals surface area contributed by atoms with Crippen LogP contribution in [0, 0.1) is 0 Å². The molecule has 0 unspecified atom stereocenters. The first-order valence-corrected chi connectivity index (χ1v) is 17.2. The Morgan fingerprint density at radius 2 is 0.843 bits per heavy atom. The highest BCUT2D eigenvalue weighted by Crippen LogP contribution is 2.48. The van der Waals surface area contributed by atoms with Crippen LogP contribution in [0.3, 0.4) is 0 Å². The summed E-state index contributed by atoms with van der Waals surface area (Å²) < 4.78 is 6.79. The maximum Gasteiger partial charge on any atom is 0.167 e. The molecule has 0 aliphatic carbocycles. The lowest BCUT2D eigenvalue weighted by Gasteiger charge is -2.14. The van der Waals surface area contributed by atoms with Crippen LogP contribution in [0.1, 0.15) is 0 Å². The Bertz CT molecular complexity index is 2940. The number of fused-ring (bicyclic) bond motifs is 1. The van der Waals surface area contributed by atoms with Crippen LogP contribution in [0.5, 0.6) is 0 Å². The van der Waals surface area contributed by atoms with Crippen molar-refractivity contribution in [3.63, 3.8) is 0 Å². The third-order valence-electron chi connectivity index (χ3n) is 10.3. The second-order valence-electron chi connectivity index (χ2n) is 13.2. The summed E-state index contributed by atoms with van der Waals surface area (Å²) in [5.41, 5.74) is 8.96. The standard InChI is InChI=1S/C47H27N3O/c1-3-9-28(10-4-1)30-17-22-33(23-18-30)45-48-46(34-24-19-31(20-25-34)29-11-5-2-6-12-29)50-47(49-45)38-27-35-26-21-32-13-7-14-36-37-15-8-16-39-42(37)43(44(38)51-39)41(35)40(32)36/h1-27H. The SMILES string of the molecule is c1ccc(-c2ccc(-c3nc(-c4ccc(-c5ccccc5)cc4)nc(-c4cc5ccc6cccc7c8cccc9oc4c(c98)c5c67)n3)cc2)cc1. The summed E-state index contributed by atoms with van der Waals surface area (Å²) in [6.07, 6.45) is 0. The summed E-state index contributed by atoms with van der Waals surface area (Å²) in [6, 6.07) is 57.3. The summed E-state index contributed by atoms with van der Waals surface area (Å²) in [6.45, 7) is 0. The molecule has 0 saturated carbocycles. The third-order valence-corrected chi connectivity index (χ3v) is 10.3. The molecule has 11 aromatic rings. The van der Waals surface area contributed by atoms with Gasteiger partial charge in [0.2, 0.25) is 0 Å². The Balaban J connectivity index is 1.15. The van der Waals surface area contributed by atoms with Gasteiger partial charge in [0, 0.05) is 27.3 Å². The lowest BCUT2D eigenvalue weighted by molar-refractivity contribution is 0.670. The molecule has 0 radical (unpaired) electrons. The minimum absolute atomic E-state index is 0.579. The van der Waals surface area contributed by atoms with E-state index < -0.39 is 0 Å². The van der Waals surface area contributed by atoms with Crippen LogP contribution in [0.4, 0.5) is 0 Å². The molecular formula is C47H27N3O. The summed E-state index contributed by atoms with van der Waals surface area (Å²) in [4.78, 5) is 15.5. The second kappa shape index (κ2) is 10.8. The van der Waals surface area contributed by atoms with Gasteiger partial charge in [-0.15, -0.1) is 0 Å². The first kappa shape index (κ1) is 28.0. The lowest BCUT2D eigenvalue weighted by Crippen LogP contribution is -2.01. The molecule has 0 atom stereocenters. The van der Waals surface area contributed by atoms with Crippen molar-refractivity contribution >= 4 is 54.3 Å². The fraction of sp³-hybridized carbons (Fsp3) is 0. The van der Waals surface area contributed by atoms with Gasteiger partial charge in [0.25, 0.3) is 0 Å². The highest BCUT2D eigenvalue weighted by Gasteiger charge is 2.24. The van der Waals surface area contributed by atoms with E-state index in [0.29, 0.717) is 17.5 Å². The second-order valence-corrected chi connectivity index (χ2v) is 13.2. The molecule has 0 N–H and O–H groups in total. The van der Waals surface area contributed by atoms with E-state index in [9.17, 15) is 0 Å². The molecule has 0 saturated heterocycles. The zero-order valence-electron chi connectivity index (χ0n) is 27.3. The molecule has 4 nitrogen and oxygen atoms in total. The minimum atomic E-state index is 0.579. The van der Waals surface area contributed by atoms with Crippen molar-refractivity contribution in [2.24, 2.45) is 0 Å². The number of nitrogens with zero attached hydrogens (tertiary/aromatic N) is 3. The van der Waals surface area contributed by atoms with Crippen LogP contribution >= 0.6 is 0 Å². The number of benzene rings is 9. The van der Waals surface area contributed by atoms with Gasteiger partial charge in [-0.05, 0) is 61.3 Å². The van der Waals surface area contributed by atoms with Crippen molar-refractivity contribution in [2.75, 3.05) is 0 Å². The number of hydrogen-bond acceptors (Lipinski definition) is 4. The fourth-order valence-corrected chi connectivity index (χ4v) is 7.84. The number of furan rings is 1. The maximum atomic E-state index is 6.79. The average molecular weight is 650 g/mol. The predicted molar refractivity (Wildman–Crippen MR) is 209 cm³/mol. The van der Waals surface area contributed by atoms with Crippen LogP contribution in [0.15, 0.2) is 168 Å². The van der Waals surface area contributed by atoms with Crippen LogP contribution in [-0.2, 0) is 0 Å². The molecule has 0 aliphatic heterocycles. The highest BCUT2D eigenvalue weighted by atomic mass is 16.3. The van der Waals surface area contributed by atoms with E-state index in [1.807, 2.05) is 12.1 Å². The van der Waals surface area contributed by atoms with Crippen LogP contribution < -0.4 is 0 Å². The minimum Gasteiger partial charge on any atom is -0.455 e. The van der Waals surface area contributed by atoms with Crippen molar-refractivity contribution in [2.45, 2.75) is 0 Å². The number of hydrogen-bond donors (Lipinski definition) is 0. The molecule has 0 amide bonds. The van der Waals surface area contributed by atoms with Crippen molar-refractivity contribution in [1.29, 1.82) is 0 Å². The van der Waals surface area contributed by atoms with E-state index in [1.165, 1.54) is 38.1 Å². The Labute approximate surface area is 293 Å². The predicted octanol–water partition coefficient (Wildman–Crippen LogP) is 12.4. The Morgan fingerprint density at radius 3 is 1.47 bits per heavy atom. The quantitative estimate of drug-likeness (QED) is 0.138. The van der Waals surface area contributed by atoms with Gasteiger partial charge in [-0.2, -0.15) is 0 Å². The monoisotopic (exact) mass is 649 g/mol. The number of rotatable bonds is 5. The van der Waals surface area contributed by atoms with Gasteiger partial charge in [-0.3, -0.25) is 0 Å². The fourth-order valence-electron chi connectivity index (χ4n) is 7.84. The van der Waals surface area contributed by atoms with Gasteiger partial charge in [0.1, 0.15) is 11.2 Å². The third kappa shape index (κ3) is 4.30. The molecule has 9 aromatic carbocycles. The maximum absolute atomic E-state index is 6.79. The molecule has 2 aromatic heterocycles. The average Bonchev–Trinajstić information content (AvgIpc) is 3.61. The number of aromatic nitrogens is 3. The molecular weight excluding hydrogens is 623 g/mol. The van der Waals surface area contributed by atoms with Gasteiger partial charge in [0.05, 0.1) is 5.56 Å². The van der Waals surface area contributed by atoms with E-state index in [1.54, 1.807) is 0 Å². The van der Waals surface area contributed by atoms with Gasteiger partial charge in [0.15, 0.2) is 17.5 Å². The zero-order valence-corrected chi connectivity index (χ0v) is 27.3.